The first-order chi connectivity index (χ1) is 8.01. The topological polar surface area (TPSA) is 70.7 Å². The van der Waals surface area contributed by atoms with Crippen molar-refractivity contribution in [2.24, 2.45) is 10.9 Å². The fourth-order valence-corrected chi connectivity index (χ4v) is 1.28. The summed E-state index contributed by atoms with van der Waals surface area (Å²) in [6, 6.07) is 0.503. The summed E-state index contributed by atoms with van der Waals surface area (Å²) in [5, 5.41) is 6.31. The lowest BCUT2D eigenvalue weighted by molar-refractivity contribution is -0.116. The van der Waals surface area contributed by atoms with E-state index < -0.39 is 0 Å². The van der Waals surface area contributed by atoms with Crippen LogP contribution in [0.4, 0.5) is 0 Å². The monoisotopic (exact) mass is 240 g/mol. The van der Waals surface area contributed by atoms with Gasteiger partial charge in [0.1, 0.15) is 6.34 Å². The predicted molar refractivity (Wildman–Crippen MR) is 71.6 cm³/mol. The first-order valence-electron chi connectivity index (χ1n) is 5.97. The lowest BCUT2D eigenvalue weighted by atomic mass is 10.2. The van der Waals surface area contributed by atoms with E-state index >= 15 is 0 Å². The molecule has 0 aliphatic carbocycles. The van der Waals surface area contributed by atoms with Crippen LogP contribution in [0.2, 0.25) is 0 Å². The Labute approximate surface area is 104 Å². The molecule has 1 atom stereocenters. The van der Waals surface area contributed by atoms with Crippen LogP contribution in [-0.4, -0.2) is 35.8 Å². The van der Waals surface area contributed by atoms with Crippen molar-refractivity contribution in [2.45, 2.75) is 46.2 Å². The first kappa shape index (κ1) is 15.5. The largest absolute Gasteiger partial charge is 0.355 e. The zero-order valence-corrected chi connectivity index (χ0v) is 11.2. The molecule has 0 rings (SSSR count). The zero-order chi connectivity index (χ0) is 13.3. The Hall–Kier alpha value is -1.52. The molecule has 0 aromatic heterocycles. The van der Waals surface area contributed by atoms with Gasteiger partial charge in [-0.25, -0.2) is 0 Å². The SMILES string of the molecule is CCC(C)N(/C=N\N)C/C=C/C(=O)NC(C)C. The highest BCUT2D eigenvalue weighted by molar-refractivity contribution is 5.87. The summed E-state index contributed by atoms with van der Waals surface area (Å²) in [6.07, 6.45) is 5.95. The number of hydrogen-bond acceptors (Lipinski definition) is 3. The Bertz CT molecular complexity index is 274. The smallest absolute Gasteiger partial charge is 0.243 e. The number of nitrogens with one attached hydrogen (secondary N) is 1. The number of nitrogens with zero attached hydrogens (tertiary/aromatic N) is 2. The summed E-state index contributed by atoms with van der Waals surface area (Å²) in [5.74, 6) is 5.07. The molecule has 0 heterocycles. The molecular weight excluding hydrogens is 216 g/mol. The fourth-order valence-electron chi connectivity index (χ4n) is 1.28. The van der Waals surface area contributed by atoms with Crippen molar-refractivity contribution in [2.75, 3.05) is 6.54 Å². The highest BCUT2D eigenvalue weighted by Crippen LogP contribution is 2.00. The quantitative estimate of drug-likeness (QED) is 0.230. The lowest BCUT2D eigenvalue weighted by Gasteiger charge is -2.24. The maximum absolute atomic E-state index is 11.4. The second-order valence-corrected chi connectivity index (χ2v) is 4.28. The fraction of sp³-hybridized carbons (Fsp3) is 0.667. The number of hydrogen-bond donors (Lipinski definition) is 2. The van der Waals surface area contributed by atoms with Gasteiger partial charge in [0.2, 0.25) is 5.91 Å². The van der Waals surface area contributed by atoms with E-state index in [0.29, 0.717) is 12.6 Å². The van der Waals surface area contributed by atoms with Crippen molar-refractivity contribution in [3.63, 3.8) is 0 Å². The van der Waals surface area contributed by atoms with Gasteiger partial charge in [0.15, 0.2) is 0 Å². The Morgan fingerprint density at radius 2 is 2.12 bits per heavy atom. The van der Waals surface area contributed by atoms with Crippen molar-refractivity contribution < 1.29 is 4.79 Å². The van der Waals surface area contributed by atoms with E-state index in [9.17, 15) is 4.79 Å². The Morgan fingerprint density at radius 3 is 2.59 bits per heavy atom. The summed E-state index contributed by atoms with van der Waals surface area (Å²) in [6.45, 7) is 8.67. The van der Waals surface area contributed by atoms with Crippen LogP contribution in [0.3, 0.4) is 0 Å². The number of amides is 1. The molecule has 1 unspecified atom stereocenters. The van der Waals surface area contributed by atoms with Gasteiger partial charge in [0.05, 0.1) is 0 Å². The molecule has 0 aliphatic rings. The summed E-state index contributed by atoms with van der Waals surface area (Å²) in [5.41, 5.74) is 0. The predicted octanol–water partition coefficient (Wildman–Crippen LogP) is 1.07. The van der Waals surface area contributed by atoms with Crippen molar-refractivity contribution in [3.05, 3.63) is 12.2 Å². The second-order valence-electron chi connectivity index (χ2n) is 4.28. The Balaban J connectivity index is 4.20. The third-order valence-corrected chi connectivity index (χ3v) is 2.39. The van der Waals surface area contributed by atoms with Crippen molar-refractivity contribution in [1.82, 2.24) is 10.2 Å². The number of hydrazone groups is 1. The van der Waals surface area contributed by atoms with E-state index in [0.717, 1.165) is 6.42 Å². The van der Waals surface area contributed by atoms with Gasteiger partial charge in [-0.05, 0) is 27.2 Å². The molecule has 0 aliphatic heterocycles. The standard InChI is InChI=1S/C12H24N4O/c1-5-11(4)16(9-14-13)8-6-7-12(17)15-10(2)3/h6-7,9-11H,5,8,13H2,1-4H3,(H,15,17)/b7-6+,14-9-. The van der Waals surface area contributed by atoms with Gasteiger partial charge < -0.3 is 16.1 Å². The lowest BCUT2D eigenvalue weighted by Crippen LogP contribution is -2.32. The molecular formula is C12H24N4O. The molecule has 1 amide bonds. The molecule has 98 valence electrons. The summed E-state index contributed by atoms with van der Waals surface area (Å²) in [7, 11) is 0. The number of nitrogens with two attached hydrogens (primary N) is 1. The minimum absolute atomic E-state index is 0.0752. The Morgan fingerprint density at radius 1 is 1.47 bits per heavy atom. The molecule has 0 aromatic carbocycles. The molecule has 5 heteroatoms. The molecule has 0 saturated carbocycles. The number of rotatable bonds is 7. The van der Waals surface area contributed by atoms with E-state index in [1.165, 1.54) is 0 Å². The van der Waals surface area contributed by atoms with E-state index in [4.69, 9.17) is 5.84 Å². The molecule has 0 saturated heterocycles. The van der Waals surface area contributed by atoms with Crippen LogP contribution in [0.15, 0.2) is 17.3 Å². The molecule has 0 radical (unpaired) electrons. The van der Waals surface area contributed by atoms with Gasteiger partial charge >= 0.3 is 0 Å². The van der Waals surface area contributed by atoms with Crippen LogP contribution >= 0.6 is 0 Å². The van der Waals surface area contributed by atoms with Crippen molar-refractivity contribution in [1.29, 1.82) is 0 Å². The number of carbonyl (C=O) groups is 1. The van der Waals surface area contributed by atoms with Crippen LogP contribution in [-0.2, 0) is 4.79 Å². The van der Waals surface area contributed by atoms with Crippen LogP contribution in [0.25, 0.3) is 0 Å². The molecule has 0 aromatic rings. The average molecular weight is 240 g/mol. The first-order valence-corrected chi connectivity index (χ1v) is 5.97. The summed E-state index contributed by atoms with van der Waals surface area (Å²) in [4.78, 5) is 13.3. The van der Waals surface area contributed by atoms with Crippen LogP contribution < -0.4 is 11.2 Å². The summed E-state index contributed by atoms with van der Waals surface area (Å²) < 4.78 is 0. The molecule has 3 N–H and O–H groups in total. The highest BCUT2D eigenvalue weighted by Gasteiger charge is 2.06. The normalized spacial score (nSPS) is 13.5. The minimum Gasteiger partial charge on any atom is -0.355 e. The second kappa shape index (κ2) is 8.61. The van der Waals surface area contributed by atoms with Gasteiger partial charge in [-0.2, -0.15) is 5.10 Å². The number of carbonyl (C=O) groups excluding carboxylic acids is 1. The summed E-state index contributed by atoms with van der Waals surface area (Å²) >= 11 is 0. The van der Waals surface area contributed by atoms with E-state index in [1.54, 1.807) is 12.4 Å². The van der Waals surface area contributed by atoms with Gasteiger partial charge in [-0.15, -0.1) is 0 Å². The molecule has 5 nitrogen and oxygen atoms in total. The van der Waals surface area contributed by atoms with Crippen molar-refractivity contribution in [3.8, 4) is 0 Å². The van der Waals surface area contributed by atoms with E-state index in [-0.39, 0.29) is 11.9 Å². The molecule has 0 bridgehead atoms. The van der Waals surface area contributed by atoms with Crippen LogP contribution in [0.1, 0.15) is 34.1 Å². The van der Waals surface area contributed by atoms with Gasteiger partial charge in [-0.1, -0.05) is 13.0 Å². The van der Waals surface area contributed by atoms with Crippen LogP contribution in [0.5, 0.6) is 0 Å². The van der Waals surface area contributed by atoms with E-state index in [1.807, 2.05) is 24.8 Å². The maximum atomic E-state index is 11.4. The molecule has 0 spiro atoms. The maximum Gasteiger partial charge on any atom is 0.243 e. The average Bonchev–Trinajstić information content (AvgIpc) is 2.26. The van der Waals surface area contributed by atoms with Crippen molar-refractivity contribution >= 4 is 12.2 Å². The highest BCUT2D eigenvalue weighted by atomic mass is 16.1. The van der Waals surface area contributed by atoms with Gasteiger partial charge in [0, 0.05) is 24.7 Å². The minimum atomic E-state index is -0.0752. The van der Waals surface area contributed by atoms with Gasteiger partial charge in [-0.3, -0.25) is 4.79 Å². The van der Waals surface area contributed by atoms with Crippen LogP contribution in [0, 0.1) is 0 Å². The van der Waals surface area contributed by atoms with Gasteiger partial charge in [0.25, 0.3) is 0 Å². The van der Waals surface area contributed by atoms with E-state index in [2.05, 4.69) is 24.3 Å². The third kappa shape index (κ3) is 7.38. The molecule has 0 fully saturated rings. The zero-order valence-electron chi connectivity index (χ0n) is 11.2. The third-order valence-electron chi connectivity index (χ3n) is 2.39. The Kier molecular flexibility index (Phi) is 7.84. The molecule has 17 heavy (non-hydrogen) atoms.